The number of fused-ring (bicyclic) bond motifs is 1. The third-order valence-electron chi connectivity index (χ3n) is 4.84. The van der Waals surface area contributed by atoms with Crippen LogP contribution in [0.2, 0.25) is 5.02 Å². The second-order valence-electron chi connectivity index (χ2n) is 7.29. The van der Waals surface area contributed by atoms with Crippen LogP contribution in [0.4, 0.5) is 0 Å². The average Bonchev–Trinajstić information content (AvgIpc) is 2.70. The van der Waals surface area contributed by atoms with Crippen LogP contribution in [0.5, 0.6) is 5.75 Å². The summed E-state index contributed by atoms with van der Waals surface area (Å²) in [4.78, 5) is 15.1. The van der Waals surface area contributed by atoms with Gasteiger partial charge in [0, 0.05) is 18.5 Å². The van der Waals surface area contributed by atoms with Crippen LogP contribution in [0.1, 0.15) is 71.1 Å². The van der Waals surface area contributed by atoms with Crippen molar-refractivity contribution in [1.82, 2.24) is 4.98 Å². The number of nitrogens with zero attached hydrogens (tertiary/aromatic N) is 1. The number of hydrogen-bond donors (Lipinski definition) is 0. The quantitative estimate of drug-likeness (QED) is 0.145. The zero-order chi connectivity index (χ0) is 20.9. The van der Waals surface area contributed by atoms with Crippen molar-refractivity contribution >= 4 is 51.1 Å². The van der Waals surface area contributed by atoms with E-state index in [-0.39, 0.29) is 5.97 Å². The lowest BCUT2D eigenvalue weighted by atomic mass is 10.1. The van der Waals surface area contributed by atoms with Crippen LogP contribution in [0.3, 0.4) is 0 Å². The fourth-order valence-electron chi connectivity index (χ4n) is 3.29. The van der Waals surface area contributed by atoms with Gasteiger partial charge in [0.15, 0.2) is 5.75 Å². The van der Waals surface area contributed by atoms with Crippen LogP contribution >= 0.6 is 34.2 Å². The Morgan fingerprint density at radius 3 is 2.21 bits per heavy atom. The molecule has 2 aromatic rings. The first-order valence-corrected chi connectivity index (χ1v) is 12.0. The lowest BCUT2D eigenvalue weighted by Gasteiger charge is -2.12. The van der Waals surface area contributed by atoms with Crippen molar-refractivity contribution < 1.29 is 14.3 Å². The Morgan fingerprint density at radius 2 is 1.59 bits per heavy atom. The smallest absolute Gasteiger partial charge is 0.302 e. The lowest BCUT2D eigenvalue weighted by molar-refractivity contribution is -0.141. The van der Waals surface area contributed by atoms with Crippen LogP contribution in [0, 0.1) is 3.57 Å². The Bertz CT molecular complexity index is 769. The molecule has 0 aliphatic carbocycles. The number of carbonyl (C=O) groups is 1. The number of benzene rings is 1. The van der Waals surface area contributed by atoms with E-state index in [0.717, 1.165) is 39.5 Å². The zero-order valence-corrected chi connectivity index (χ0v) is 20.1. The van der Waals surface area contributed by atoms with Gasteiger partial charge in [-0.05, 0) is 53.6 Å². The molecule has 160 valence electrons. The molecule has 0 spiro atoms. The monoisotopic (exact) mass is 531 g/mol. The van der Waals surface area contributed by atoms with Crippen molar-refractivity contribution in [3.63, 3.8) is 0 Å². The summed E-state index contributed by atoms with van der Waals surface area (Å²) in [5.74, 6) is 0.669. The highest BCUT2D eigenvalue weighted by molar-refractivity contribution is 14.1. The predicted octanol–water partition coefficient (Wildman–Crippen LogP) is 7.34. The fourth-order valence-corrected chi connectivity index (χ4v) is 4.46. The van der Waals surface area contributed by atoms with Crippen LogP contribution in [0.25, 0.3) is 10.9 Å². The molecule has 6 heteroatoms. The number of unbranched alkanes of at least 4 members (excludes halogenated alkanes) is 9. The molecule has 0 N–H and O–H groups in total. The molecule has 0 saturated heterocycles. The van der Waals surface area contributed by atoms with Crippen molar-refractivity contribution in [2.45, 2.75) is 71.1 Å². The summed E-state index contributed by atoms with van der Waals surface area (Å²) in [7, 11) is 0. The van der Waals surface area contributed by atoms with E-state index in [2.05, 4.69) is 27.6 Å². The second kappa shape index (κ2) is 14.0. The first-order chi connectivity index (χ1) is 14.1. The van der Waals surface area contributed by atoms with E-state index in [0.29, 0.717) is 18.2 Å². The van der Waals surface area contributed by atoms with Gasteiger partial charge in [0.25, 0.3) is 0 Å². The maximum atomic E-state index is 10.7. The van der Waals surface area contributed by atoms with E-state index in [1.165, 1.54) is 51.9 Å². The minimum Gasteiger partial charge on any atom is -0.490 e. The molecular formula is C23H31ClINO3. The SMILES string of the molecule is CC(=O)OCCCCCCCCCCCCOc1c(I)cc(Cl)c2cccnc12. The maximum Gasteiger partial charge on any atom is 0.302 e. The third kappa shape index (κ3) is 9.08. The van der Waals surface area contributed by atoms with Gasteiger partial charge in [-0.25, -0.2) is 0 Å². The van der Waals surface area contributed by atoms with Gasteiger partial charge in [-0.1, -0.05) is 63.0 Å². The molecule has 0 radical (unpaired) electrons. The Balaban J connectivity index is 1.51. The number of esters is 1. The number of halogens is 2. The van der Waals surface area contributed by atoms with Crippen LogP contribution in [0.15, 0.2) is 24.4 Å². The molecule has 0 aliphatic rings. The maximum absolute atomic E-state index is 10.7. The molecule has 29 heavy (non-hydrogen) atoms. The van der Waals surface area contributed by atoms with Crippen LogP contribution < -0.4 is 4.74 Å². The zero-order valence-electron chi connectivity index (χ0n) is 17.2. The van der Waals surface area contributed by atoms with E-state index in [1.54, 1.807) is 6.20 Å². The van der Waals surface area contributed by atoms with Crippen LogP contribution in [-0.2, 0) is 9.53 Å². The molecule has 0 aliphatic heterocycles. The van der Waals surface area contributed by atoms with E-state index in [1.807, 2.05) is 18.2 Å². The highest BCUT2D eigenvalue weighted by Gasteiger charge is 2.11. The molecule has 4 nitrogen and oxygen atoms in total. The molecule has 1 aromatic heterocycles. The van der Waals surface area contributed by atoms with Gasteiger partial charge in [0.1, 0.15) is 5.52 Å². The minimum atomic E-state index is -0.177. The van der Waals surface area contributed by atoms with Gasteiger partial charge in [-0.15, -0.1) is 0 Å². The Labute approximate surface area is 192 Å². The number of carbonyl (C=O) groups excluding carboxylic acids is 1. The number of hydrogen-bond acceptors (Lipinski definition) is 4. The molecule has 0 unspecified atom stereocenters. The largest absolute Gasteiger partial charge is 0.490 e. The fraction of sp³-hybridized carbons (Fsp3) is 0.565. The summed E-state index contributed by atoms with van der Waals surface area (Å²) in [5, 5.41) is 1.66. The topological polar surface area (TPSA) is 48.4 Å². The van der Waals surface area contributed by atoms with Gasteiger partial charge in [-0.3, -0.25) is 9.78 Å². The van der Waals surface area contributed by atoms with Crippen LogP contribution in [-0.4, -0.2) is 24.2 Å². The van der Waals surface area contributed by atoms with Crippen molar-refractivity contribution in [3.05, 3.63) is 33.0 Å². The van der Waals surface area contributed by atoms with Crippen molar-refractivity contribution in [1.29, 1.82) is 0 Å². The van der Waals surface area contributed by atoms with Gasteiger partial charge < -0.3 is 9.47 Å². The highest BCUT2D eigenvalue weighted by Crippen LogP contribution is 2.34. The summed E-state index contributed by atoms with van der Waals surface area (Å²) >= 11 is 8.58. The standard InChI is InChI=1S/C23H31ClINO3/c1-18(27)28-15-10-8-6-4-2-3-5-7-9-11-16-29-23-21(25)17-20(24)19-13-12-14-26-22(19)23/h12-14,17H,2-11,15-16H2,1H3. The van der Waals surface area contributed by atoms with Gasteiger partial charge in [-0.2, -0.15) is 0 Å². The number of pyridine rings is 1. The molecule has 0 saturated carbocycles. The first kappa shape index (κ1) is 24.2. The van der Waals surface area contributed by atoms with Gasteiger partial charge >= 0.3 is 5.97 Å². The van der Waals surface area contributed by atoms with Gasteiger partial charge in [0.05, 0.1) is 21.8 Å². The summed E-state index contributed by atoms with van der Waals surface area (Å²) in [6, 6.07) is 5.82. The molecule has 0 atom stereocenters. The van der Waals surface area contributed by atoms with E-state index >= 15 is 0 Å². The third-order valence-corrected chi connectivity index (χ3v) is 5.95. The molecule has 0 fully saturated rings. The normalized spacial score (nSPS) is 11.0. The number of rotatable bonds is 14. The number of aromatic nitrogens is 1. The minimum absolute atomic E-state index is 0.177. The highest BCUT2D eigenvalue weighted by atomic mass is 127. The van der Waals surface area contributed by atoms with Crippen molar-refractivity contribution in [3.8, 4) is 5.75 Å². The Morgan fingerprint density at radius 1 is 1.00 bits per heavy atom. The lowest BCUT2D eigenvalue weighted by Crippen LogP contribution is -2.01. The van der Waals surface area contributed by atoms with Crippen molar-refractivity contribution in [2.75, 3.05) is 13.2 Å². The Hall–Kier alpha value is -1.08. The number of ether oxygens (including phenoxy) is 2. The molecule has 1 aromatic carbocycles. The summed E-state index contributed by atoms with van der Waals surface area (Å²) < 4.78 is 12.0. The second-order valence-corrected chi connectivity index (χ2v) is 8.86. The molecule has 1 heterocycles. The molecule has 2 rings (SSSR count). The predicted molar refractivity (Wildman–Crippen MR) is 128 cm³/mol. The van der Waals surface area contributed by atoms with E-state index in [9.17, 15) is 4.79 Å². The molecular weight excluding hydrogens is 501 g/mol. The molecule has 0 bridgehead atoms. The van der Waals surface area contributed by atoms with Crippen molar-refractivity contribution in [2.24, 2.45) is 0 Å². The summed E-state index contributed by atoms with van der Waals surface area (Å²) in [6.07, 6.45) is 13.8. The summed E-state index contributed by atoms with van der Waals surface area (Å²) in [6.45, 7) is 2.74. The first-order valence-electron chi connectivity index (χ1n) is 10.6. The van der Waals surface area contributed by atoms with Gasteiger partial charge in [0.2, 0.25) is 0 Å². The molecule has 0 amide bonds. The Kier molecular flexibility index (Phi) is 11.7. The van der Waals surface area contributed by atoms with E-state index < -0.39 is 0 Å². The summed E-state index contributed by atoms with van der Waals surface area (Å²) in [5.41, 5.74) is 0.845. The van der Waals surface area contributed by atoms with E-state index in [4.69, 9.17) is 21.1 Å². The average molecular weight is 532 g/mol.